The maximum atomic E-state index is 14.5. The number of nitrogens with one attached hydrogen (secondary N) is 3. The maximum Gasteiger partial charge on any atom is 0.267 e. The molecule has 0 bridgehead atoms. The average Bonchev–Trinajstić information content (AvgIpc) is 3.59. The van der Waals surface area contributed by atoms with Crippen LogP contribution in [0.2, 0.25) is 5.02 Å². The van der Waals surface area contributed by atoms with Crippen LogP contribution in [0.5, 0.6) is 0 Å². The number of carbonyl (C=O) groups is 1. The summed E-state index contributed by atoms with van der Waals surface area (Å²) in [4.78, 5) is 40.2. The quantitative estimate of drug-likeness (QED) is 0.183. The number of hydrogen-bond acceptors (Lipinski definition) is 7. The van der Waals surface area contributed by atoms with Gasteiger partial charge in [-0.05, 0) is 65.7 Å². The van der Waals surface area contributed by atoms with Crippen LogP contribution in [-0.4, -0.2) is 49.9 Å². The molecule has 0 aliphatic rings. The van der Waals surface area contributed by atoms with E-state index in [1.807, 2.05) is 0 Å². The van der Waals surface area contributed by atoms with E-state index < -0.39 is 45.0 Å². The summed E-state index contributed by atoms with van der Waals surface area (Å²) in [5, 5.41) is 8.05. The van der Waals surface area contributed by atoms with Crippen molar-refractivity contribution in [3.63, 3.8) is 0 Å². The number of pyridine rings is 1. The van der Waals surface area contributed by atoms with Gasteiger partial charge in [0.2, 0.25) is 15.9 Å². The first-order chi connectivity index (χ1) is 24.3. The second-order valence-corrected chi connectivity index (χ2v) is 14.1. The van der Waals surface area contributed by atoms with Crippen molar-refractivity contribution in [1.29, 1.82) is 0 Å². The Kier molecular flexibility index (Phi) is 8.51. The van der Waals surface area contributed by atoms with Crippen molar-refractivity contribution in [2.24, 2.45) is 7.05 Å². The van der Waals surface area contributed by atoms with Crippen molar-refractivity contribution in [3.8, 4) is 5.69 Å². The Balaban J connectivity index is 1.44. The maximum absolute atomic E-state index is 14.5. The summed E-state index contributed by atoms with van der Waals surface area (Å²) in [6.07, 6.45) is 3.48. The van der Waals surface area contributed by atoms with Crippen LogP contribution in [0.4, 0.5) is 19.0 Å². The van der Waals surface area contributed by atoms with Gasteiger partial charge in [-0.25, -0.2) is 31.6 Å². The standard InChI is InChI=1S/C34H26ClF3N8O4S/c1-45-30-27(8-6-24(35)29(30)32(43-45)44-51(2,49)50)46-33(42-31-22(34(46)48)4-3-9-39-31)26(12-17-10-20(37)14-21(38)11-17)41-28(47)13-18-16-40-25-7-5-19(36)15-23(18)25/h3-11,14-16,26,40H,12-13H2,1-2H3,(H,41,47)(H,43,44). The predicted molar refractivity (Wildman–Crippen MR) is 186 cm³/mol. The highest BCUT2D eigenvalue weighted by atomic mass is 35.5. The van der Waals surface area contributed by atoms with Crippen molar-refractivity contribution in [2.45, 2.75) is 18.9 Å². The second-order valence-electron chi connectivity index (χ2n) is 11.9. The van der Waals surface area contributed by atoms with Crippen LogP contribution < -0.4 is 15.6 Å². The summed E-state index contributed by atoms with van der Waals surface area (Å²) in [5.41, 5.74) is 1.00. The van der Waals surface area contributed by atoms with Crippen molar-refractivity contribution < 1.29 is 26.4 Å². The molecular formula is C34H26ClF3N8O4S. The SMILES string of the molecule is Cn1nc(NS(C)(=O)=O)c2c(Cl)ccc(-n3c(C(Cc4cc(F)cc(F)c4)NC(=O)Cc4c[nH]c5ccc(F)cc45)nc4ncccc4c3=O)c21. The van der Waals surface area contributed by atoms with Crippen LogP contribution in [0, 0.1) is 17.5 Å². The number of rotatable bonds is 9. The minimum Gasteiger partial charge on any atom is -0.361 e. The Hall–Kier alpha value is -5.74. The summed E-state index contributed by atoms with van der Waals surface area (Å²) >= 11 is 6.57. The third kappa shape index (κ3) is 6.62. The molecule has 0 saturated carbocycles. The van der Waals surface area contributed by atoms with Crippen LogP contribution in [0.25, 0.3) is 38.5 Å². The number of aromatic amines is 1. The zero-order valence-corrected chi connectivity index (χ0v) is 28.3. The lowest BCUT2D eigenvalue weighted by atomic mass is 10.0. The van der Waals surface area contributed by atoms with E-state index in [1.54, 1.807) is 18.3 Å². The Morgan fingerprint density at radius 2 is 1.78 bits per heavy atom. The number of halogens is 4. The molecule has 4 aromatic heterocycles. The molecule has 17 heteroatoms. The minimum atomic E-state index is -3.81. The molecule has 0 saturated heterocycles. The Labute approximate surface area is 292 Å². The van der Waals surface area contributed by atoms with Gasteiger partial charge in [-0.3, -0.25) is 23.6 Å². The molecule has 3 aromatic carbocycles. The molecule has 4 heterocycles. The van der Waals surface area contributed by atoms with E-state index in [4.69, 9.17) is 16.6 Å². The molecule has 12 nitrogen and oxygen atoms in total. The van der Waals surface area contributed by atoms with Crippen LogP contribution in [-0.2, 0) is 34.7 Å². The number of nitrogens with zero attached hydrogens (tertiary/aromatic N) is 5. The van der Waals surface area contributed by atoms with Gasteiger partial charge >= 0.3 is 0 Å². The molecular weight excluding hydrogens is 709 g/mol. The largest absolute Gasteiger partial charge is 0.361 e. The minimum absolute atomic E-state index is 0.0279. The first-order valence-electron chi connectivity index (χ1n) is 15.3. The van der Waals surface area contributed by atoms with E-state index in [0.717, 1.165) is 18.4 Å². The van der Waals surface area contributed by atoms with Gasteiger partial charge in [0.1, 0.15) is 23.3 Å². The highest BCUT2D eigenvalue weighted by Crippen LogP contribution is 2.35. The predicted octanol–water partition coefficient (Wildman–Crippen LogP) is 5.23. The number of hydrogen-bond donors (Lipinski definition) is 3. The van der Waals surface area contributed by atoms with Gasteiger partial charge < -0.3 is 10.3 Å². The monoisotopic (exact) mass is 734 g/mol. The van der Waals surface area contributed by atoms with E-state index in [0.29, 0.717) is 22.5 Å². The molecule has 0 radical (unpaired) electrons. The summed E-state index contributed by atoms with van der Waals surface area (Å²) < 4.78 is 72.3. The van der Waals surface area contributed by atoms with Crippen molar-refractivity contribution in [1.82, 2.24) is 34.6 Å². The molecule has 7 rings (SSSR count). The lowest BCUT2D eigenvalue weighted by Crippen LogP contribution is -2.36. The lowest BCUT2D eigenvalue weighted by molar-refractivity contribution is -0.121. The van der Waals surface area contributed by atoms with Crippen LogP contribution in [0.3, 0.4) is 0 Å². The highest BCUT2D eigenvalue weighted by molar-refractivity contribution is 7.92. The van der Waals surface area contributed by atoms with E-state index in [9.17, 15) is 31.2 Å². The average molecular weight is 735 g/mol. The van der Waals surface area contributed by atoms with Crippen molar-refractivity contribution in [2.75, 3.05) is 11.0 Å². The molecule has 0 aliphatic heterocycles. The molecule has 0 spiro atoms. The van der Waals surface area contributed by atoms with E-state index in [1.165, 1.54) is 52.8 Å². The smallest absolute Gasteiger partial charge is 0.267 e. The summed E-state index contributed by atoms with van der Waals surface area (Å²) in [5.74, 6) is -2.96. The van der Waals surface area contributed by atoms with Crippen LogP contribution in [0.15, 0.2) is 77.9 Å². The summed E-state index contributed by atoms with van der Waals surface area (Å²) in [6, 6.07) is 11.8. The van der Waals surface area contributed by atoms with Crippen molar-refractivity contribution in [3.05, 3.63) is 123 Å². The van der Waals surface area contributed by atoms with E-state index in [2.05, 4.69) is 25.1 Å². The molecule has 0 fully saturated rings. The Morgan fingerprint density at radius 3 is 2.53 bits per heavy atom. The Morgan fingerprint density at radius 1 is 1.02 bits per heavy atom. The van der Waals surface area contributed by atoms with Gasteiger partial charge in [-0.15, -0.1) is 0 Å². The number of carbonyl (C=O) groups excluding carboxylic acids is 1. The lowest BCUT2D eigenvalue weighted by Gasteiger charge is -2.23. The van der Waals surface area contributed by atoms with Gasteiger partial charge in [0.05, 0.1) is 45.7 Å². The molecule has 1 amide bonds. The second kappa shape index (κ2) is 12.9. The molecule has 260 valence electrons. The topological polar surface area (TPSA) is 157 Å². The molecule has 3 N–H and O–H groups in total. The fourth-order valence-electron chi connectivity index (χ4n) is 6.18. The fourth-order valence-corrected chi connectivity index (χ4v) is 6.91. The number of aromatic nitrogens is 6. The van der Waals surface area contributed by atoms with Gasteiger partial charge in [0, 0.05) is 42.8 Å². The highest BCUT2D eigenvalue weighted by Gasteiger charge is 2.28. The molecule has 1 atom stereocenters. The van der Waals surface area contributed by atoms with E-state index in [-0.39, 0.29) is 62.7 Å². The summed E-state index contributed by atoms with van der Waals surface area (Å²) in [7, 11) is -2.28. The number of anilines is 1. The van der Waals surface area contributed by atoms with Gasteiger partial charge in [-0.1, -0.05) is 11.6 Å². The Bertz CT molecular complexity index is 2690. The van der Waals surface area contributed by atoms with Crippen molar-refractivity contribution >= 4 is 66.2 Å². The fraction of sp³-hybridized carbons (Fsp3) is 0.147. The molecule has 7 aromatic rings. The summed E-state index contributed by atoms with van der Waals surface area (Å²) in [6.45, 7) is 0. The number of aryl methyl sites for hydroxylation is 1. The third-order valence-electron chi connectivity index (χ3n) is 8.20. The zero-order chi connectivity index (χ0) is 36.2. The number of H-pyrrole nitrogens is 1. The number of sulfonamides is 1. The first kappa shape index (κ1) is 33.7. The third-order valence-corrected chi connectivity index (χ3v) is 9.08. The van der Waals surface area contributed by atoms with Gasteiger partial charge in [-0.2, -0.15) is 5.10 Å². The zero-order valence-electron chi connectivity index (χ0n) is 26.7. The van der Waals surface area contributed by atoms with Gasteiger partial charge in [0.25, 0.3) is 5.56 Å². The van der Waals surface area contributed by atoms with E-state index >= 15 is 0 Å². The molecule has 0 aliphatic carbocycles. The normalized spacial score (nSPS) is 12.5. The van der Waals surface area contributed by atoms with Gasteiger partial charge in [0.15, 0.2) is 11.5 Å². The number of benzene rings is 3. The number of amides is 1. The molecule has 1 unspecified atom stereocenters. The first-order valence-corrected chi connectivity index (χ1v) is 17.5. The van der Waals surface area contributed by atoms with Crippen LogP contribution in [0.1, 0.15) is 23.0 Å². The molecule has 51 heavy (non-hydrogen) atoms. The van der Waals surface area contributed by atoms with Crippen LogP contribution >= 0.6 is 11.6 Å². The number of fused-ring (bicyclic) bond motifs is 3.